The van der Waals surface area contributed by atoms with Gasteiger partial charge in [0.25, 0.3) is 0 Å². The summed E-state index contributed by atoms with van der Waals surface area (Å²) in [5.74, 6) is 0.660. The zero-order chi connectivity index (χ0) is 14.9. The van der Waals surface area contributed by atoms with Gasteiger partial charge in [-0.2, -0.15) is 0 Å². The smallest absolute Gasteiger partial charge is 0.118 e. The van der Waals surface area contributed by atoms with E-state index in [1.165, 1.54) is 0 Å². The van der Waals surface area contributed by atoms with E-state index >= 15 is 0 Å². The molecule has 2 aromatic rings. The average molecular weight is 268 g/mol. The lowest BCUT2D eigenvalue weighted by Gasteiger charge is -2.07. The average Bonchev–Trinajstić information content (AvgIpc) is 2.37. The van der Waals surface area contributed by atoms with Gasteiger partial charge in [-0.05, 0) is 85.3 Å². The van der Waals surface area contributed by atoms with Crippen molar-refractivity contribution in [3.05, 3.63) is 57.6 Å². The van der Waals surface area contributed by atoms with Crippen molar-refractivity contribution in [3.63, 3.8) is 0 Å². The van der Waals surface area contributed by atoms with Gasteiger partial charge in [0.1, 0.15) is 11.5 Å². The molecule has 0 saturated carbocycles. The van der Waals surface area contributed by atoms with Crippen molar-refractivity contribution >= 4 is 12.2 Å². The number of aryl methyl sites for hydroxylation is 4. The van der Waals surface area contributed by atoms with Crippen molar-refractivity contribution in [1.29, 1.82) is 0 Å². The molecule has 0 saturated heterocycles. The van der Waals surface area contributed by atoms with Crippen molar-refractivity contribution < 1.29 is 10.2 Å². The topological polar surface area (TPSA) is 40.5 Å². The van der Waals surface area contributed by atoms with Gasteiger partial charge in [0.05, 0.1) is 0 Å². The van der Waals surface area contributed by atoms with E-state index in [0.29, 0.717) is 11.5 Å². The molecule has 104 valence electrons. The van der Waals surface area contributed by atoms with Crippen molar-refractivity contribution in [2.75, 3.05) is 0 Å². The van der Waals surface area contributed by atoms with Gasteiger partial charge < -0.3 is 10.2 Å². The van der Waals surface area contributed by atoms with E-state index < -0.39 is 0 Å². The lowest BCUT2D eigenvalue weighted by atomic mass is 10.0. The van der Waals surface area contributed by atoms with Gasteiger partial charge in [-0.25, -0.2) is 0 Å². The Labute approximate surface area is 120 Å². The summed E-state index contributed by atoms with van der Waals surface area (Å²) in [7, 11) is 0. The summed E-state index contributed by atoms with van der Waals surface area (Å²) in [5.41, 5.74) is 5.99. The van der Waals surface area contributed by atoms with E-state index in [9.17, 15) is 10.2 Å². The Morgan fingerprint density at radius 1 is 0.600 bits per heavy atom. The number of phenolic OH excluding ortho intramolecular Hbond substituents is 2. The first-order valence-corrected chi connectivity index (χ1v) is 6.67. The van der Waals surface area contributed by atoms with Gasteiger partial charge in [0, 0.05) is 0 Å². The van der Waals surface area contributed by atoms with Crippen LogP contribution in [0.2, 0.25) is 0 Å². The Balaban J connectivity index is 2.39. The van der Waals surface area contributed by atoms with Gasteiger partial charge in [0.15, 0.2) is 0 Å². The summed E-state index contributed by atoms with van der Waals surface area (Å²) in [6, 6.07) is 7.52. The van der Waals surface area contributed by atoms with E-state index in [-0.39, 0.29) is 0 Å². The molecule has 0 bridgehead atoms. The van der Waals surface area contributed by atoms with E-state index in [4.69, 9.17) is 0 Å². The molecule has 0 heterocycles. The van der Waals surface area contributed by atoms with E-state index in [1.54, 1.807) is 12.1 Å². The highest BCUT2D eigenvalue weighted by molar-refractivity contribution is 5.74. The largest absolute Gasteiger partial charge is 0.508 e. The van der Waals surface area contributed by atoms with Crippen LogP contribution in [0.1, 0.15) is 33.4 Å². The fourth-order valence-electron chi connectivity index (χ4n) is 2.19. The first kappa shape index (κ1) is 14.2. The number of benzene rings is 2. The van der Waals surface area contributed by atoms with E-state index in [1.807, 2.05) is 52.0 Å². The summed E-state index contributed by atoms with van der Waals surface area (Å²) in [5, 5.41) is 19.3. The molecule has 0 radical (unpaired) electrons. The molecule has 0 unspecified atom stereocenters. The molecular weight excluding hydrogens is 248 g/mol. The van der Waals surface area contributed by atoms with Crippen LogP contribution in [-0.4, -0.2) is 10.2 Å². The van der Waals surface area contributed by atoms with Crippen LogP contribution < -0.4 is 0 Å². The molecule has 0 fully saturated rings. The number of rotatable bonds is 2. The second-order valence-electron chi connectivity index (χ2n) is 5.32. The summed E-state index contributed by atoms with van der Waals surface area (Å²) in [4.78, 5) is 0. The third-order valence-electron chi connectivity index (χ3n) is 3.61. The SMILES string of the molecule is Cc1cc(/C=C/c2cc(C)c(O)cc2C)c(C)cc1O. The molecule has 2 rings (SSSR count). The molecule has 2 aromatic carbocycles. The maximum absolute atomic E-state index is 9.67. The molecule has 2 nitrogen and oxygen atoms in total. The Morgan fingerprint density at radius 2 is 0.950 bits per heavy atom. The molecule has 0 aliphatic carbocycles. The lowest BCUT2D eigenvalue weighted by Crippen LogP contribution is -1.86. The highest BCUT2D eigenvalue weighted by atomic mass is 16.3. The summed E-state index contributed by atoms with van der Waals surface area (Å²) in [6.07, 6.45) is 4.08. The van der Waals surface area contributed by atoms with Gasteiger partial charge >= 0.3 is 0 Å². The molecule has 0 aliphatic heterocycles. The van der Waals surface area contributed by atoms with Crippen LogP contribution in [0.3, 0.4) is 0 Å². The number of hydrogen-bond donors (Lipinski definition) is 2. The molecule has 0 aromatic heterocycles. The Bertz CT molecular complexity index is 623. The predicted octanol–water partition coefficient (Wildman–Crippen LogP) is 4.50. The third kappa shape index (κ3) is 2.85. The quantitative estimate of drug-likeness (QED) is 0.787. The summed E-state index contributed by atoms with van der Waals surface area (Å²) >= 11 is 0. The van der Waals surface area contributed by atoms with Gasteiger partial charge in [0.2, 0.25) is 0 Å². The molecule has 2 heteroatoms. The first-order chi connectivity index (χ1) is 9.38. The van der Waals surface area contributed by atoms with Crippen LogP contribution in [0.5, 0.6) is 11.5 Å². The minimum absolute atomic E-state index is 0.330. The molecule has 20 heavy (non-hydrogen) atoms. The number of phenols is 2. The zero-order valence-electron chi connectivity index (χ0n) is 12.4. The minimum Gasteiger partial charge on any atom is -0.508 e. The van der Waals surface area contributed by atoms with Crippen molar-refractivity contribution in [2.24, 2.45) is 0 Å². The second-order valence-corrected chi connectivity index (χ2v) is 5.32. The van der Waals surface area contributed by atoms with Crippen LogP contribution in [0, 0.1) is 27.7 Å². The fourth-order valence-corrected chi connectivity index (χ4v) is 2.19. The van der Waals surface area contributed by atoms with Crippen LogP contribution in [0.15, 0.2) is 24.3 Å². The standard InChI is InChI=1S/C18H20O2/c1-11-9-17(19)13(3)7-15(11)5-6-16-8-14(4)18(20)10-12(16)2/h5-10,19-20H,1-4H3/b6-5+. The molecular formula is C18H20O2. The molecule has 0 amide bonds. The summed E-state index contributed by atoms with van der Waals surface area (Å²) < 4.78 is 0. The zero-order valence-corrected chi connectivity index (χ0v) is 12.4. The maximum Gasteiger partial charge on any atom is 0.118 e. The number of hydrogen-bond acceptors (Lipinski definition) is 2. The molecule has 0 atom stereocenters. The van der Waals surface area contributed by atoms with Crippen molar-refractivity contribution in [3.8, 4) is 11.5 Å². The van der Waals surface area contributed by atoms with Gasteiger partial charge in [-0.1, -0.05) is 12.2 Å². The number of aromatic hydroxyl groups is 2. The first-order valence-electron chi connectivity index (χ1n) is 6.67. The molecule has 2 N–H and O–H groups in total. The monoisotopic (exact) mass is 268 g/mol. The predicted molar refractivity (Wildman–Crippen MR) is 84.1 cm³/mol. The van der Waals surface area contributed by atoms with Crippen LogP contribution in [0.4, 0.5) is 0 Å². The van der Waals surface area contributed by atoms with Crippen LogP contribution >= 0.6 is 0 Å². The van der Waals surface area contributed by atoms with Gasteiger partial charge in [-0.15, -0.1) is 0 Å². The molecule has 0 aliphatic rings. The van der Waals surface area contributed by atoms with Crippen molar-refractivity contribution in [1.82, 2.24) is 0 Å². The van der Waals surface area contributed by atoms with E-state index in [0.717, 1.165) is 33.4 Å². The van der Waals surface area contributed by atoms with Gasteiger partial charge in [-0.3, -0.25) is 0 Å². The lowest BCUT2D eigenvalue weighted by molar-refractivity contribution is 0.470. The Morgan fingerprint density at radius 3 is 1.30 bits per heavy atom. The molecule has 0 spiro atoms. The highest BCUT2D eigenvalue weighted by Crippen LogP contribution is 2.25. The fraction of sp³-hybridized carbons (Fsp3) is 0.222. The van der Waals surface area contributed by atoms with Crippen LogP contribution in [-0.2, 0) is 0 Å². The maximum atomic E-state index is 9.67. The second kappa shape index (κ2) is 5.41. The summed E-state index contributed by atoms with van der Waals surface area (Å²) in [6.45, 7) is 7.74. The van der Waals surface area contributed by atoms with Crippen molar-refractivity contribution in [2.45, 2.75) is 27.7 Å². The Kier molecular flexibility index (Phi) is 3.84. The normalized spacial score (nSPS) is 11.2. The Hall–Kier alpha value is -2.22. The highest BCUT2D eigenvalue weighted by Gasteiger charge is 2.03. The van der Waals surface area contributed by atoms with Crippen LogP contribution in [0.25, 0.3) is 12.2 Å². The minimum atomic E-state index is 0.330. The van der Waals surface area contributed by atoms with E-state index in [2.05, 4.69) is 0 Å². The third-order valence-corrected chi connectivity index (χ3v) is 3.61.